The van der Waals surface area contributed by atoms with Crippen molar-refractivity contribution >= 4 is 29.5 Å². The quantitative estimate of drug-likeness (QED) is 0.383. The van der Waals surface area contributed by atoms with Crippen LogP contribution in [0, 0.1) is 5.92 Å². The van der Waals surface area contributed by atoms with Crippen LogP contribution in [0.5, 0.6) is 0 Å². The van der Waals surface area contributed by atoms with Gasteiger partial charge >= 0.3 is 0 Å². The third kappa shape index (κ3) is 6.33. The maximum atomic E-state index is 5.61. The molecule has 6 heteroatoms. The van der Waals surface area contributed by atoms with Gasteiger partial charge < -0.3 is 15.0 Å². The van der Waals surface area contributed by atoms with Gasteiger partial charge in [-0.15, -0.1) is 11.8 Å². The Hall–Kier alpha value is -0.850. The summed E-state index contributed by atoms with van der Waals surface area (Å²) in [5.41, 5.74) is 0. The summed E-state index contributed by atoms with van der Waals surface area (Å²) in [6, 6.07) is 10.8. The van der Waals surface area contributed by atoms with Gasteiger partial charge in [-0.05, 0) is 50.0 Å². The summed E-state index contributed by atoms with van der Waals surface area (Å²) in [5.74, 6) is 4.18. The van der Waals surface area contributed by atoms with Gasteiger partial charge in [-0.25, -0.2) is 0 Å². The first-order valence-electron chi connectivity index (χ1n) is 10.7. The maximum Gasteiger partial charge on any atom is 0.193 e. The fourth-order valence-electron chi connectivity index (χ4n) is 3.93. The summed E-state index contributed by atoms with van der Waals surface area (Å²) in [7, 11) is 0. The Morgan fingerprint density at radius 1 is 1.25 bits per heavy atom. The van der Waals surface area contributed by atoms with E-state index in [1.807, 2.05) is 11.8 Å². The number of benzene rings is 1. The minimum absolute atomic E-state index is 0.260. The summed E-state index contributed by atoms with van der Waals surface area (Å²) >= 11 is 4.05. The molecule has 4 nitrogen and oxygen atoms in total. The van der Waals surface area contributed by atoms with Crippen LogP contribution in [0.4, 0.5) is 0 Å². The third-order valence-electron chi connectivity index (χ3n) is 5.52. The molecule has 0 saturated carbocycles. The molecular weight excluding hydrogens is 386 g/mol. The van der Waals surface area contributed by atoms with Crippen LogP contribution in [0.1, 0.15) is 33.1 Å². The van der Waals surface area contributed by atoms with Crippen LogP contribution in [0.3, 0.4) is 0 Å². The number of thioether (sulfide) groups is 2. The summed E-state index contributed by atoms with van der Waals surface area (Å²) in [5, 5.41) is 3.55. The summed E-state index contributed by atoms with van der Waals surface area (Å²) in [4.78, 5) is 8.96. The van der Waals surface area contributed by atoms with Crippen LogP contribution in [0.15, 0.2) is 40.2 Å². The fraction of sp³-hybridized carbons (Fsp3) is 0.682. The summed E-state index contributed by atoms with van der Waals surface area (Å²) in [6.45, 7) is 10.2. The highest BCUT2D eigenvalue weighted by Gasteiger charge is 2.33. The molecule has 28 heavy (non-hydrogen) atoms. The Kier molecular flexibility index (Phi) is 8.87. The molecule has 0 aromatic heterocycles. The maximum absolute atomic E-state index is 5.61. The molecule has 156 valence electrons. The van der Waals surface area contributed by atoms with E-state index in [0.717, 1.165) is 69.9 Å². The lowest BCUT2D eigenvalue weighted by atomic mass is 9.99. The number of likely N-dealkylation sites (tertiary alicyclic amines) is 1. The Balaban J connectivity index is 1.56. The van der Waals surface area contributed by atoms with E-state index in [-0.39, 0.29) is 4.75 Å². The number of ether oxygens (including phenoxy) is 1. The van der Waals surface area contributed by atoms with Crippen molar-refractivity contribution in [2.45, 2.75) is 42.8 Å². The molecule has 0 amide bonds. The second-order valence-corrected chi connectivity index (χ2v) is 10.4. The zero-order chi connectivity index (χ0) is 19.7. The van der Waals surface area contributed by atoms with Crippen LogP contribution < -0.4 is 5.32 Å². The minimum atomic E-state index is 0.260. The Morgan fingerprint density at radius 3 is 2.75 bits per heavy atom. The van der Waals surface area contributed by atoms with Crippen molar-refractivity contribution in [1.82, 2.24) is 10.2 Å². The van der Waals surface area contributed by atoms with Crippen molar-refractivity contribution in [3.8, 4) is 0 Å². The van der Waals surface area contributed by atoms with E-state index < -0.39 is 0 Å². The first-order valence-corrected chi connectivity index (χ1v) is 12.6. The standard InChI is InChI=1S/C22H35N3OS2/c1-3-23-21(24-18-22(28-4-2)11-14-26-15-12-22)25-13-10-19(16-25)17-27-20-8-6-5-7-9-20/h5-9,19H,3-4,10-18H2,1-2H3,(H,23,24). The molecule has 2 heterocycles. The van der Waals surface area contributed by atoms with Crippen LogP contribution in [-0.2, 0) is 4.74 Å². The first-order chi connectivity index (χ1) is 13.7. The molecule has 3 rings (SSSR count). The van der Waals surface area contributed by atoms with E-state index in [1.54, 1.807) is 0 Å². The second-order valence-electron chi connectivity index (χ2n) is 7.62. The molecule has 2 saturated heterocycles. The lowest BCUT2D eigenvalue weighted by molar-refractivity contribution is 0.0793. The molecule has 0 aliphatic carbocycles. The number of rotatable bonds is 8. The van der Waals surface area contributed by atoms with Crippen LogP contribution in [0.25, 0.3) is 0 Å². The van der Waals surface area contributed by atoms with E-state index in [4.69, 9.17) is 9.73 Å². The van der Waals surface area contributed by atoms with Crippen molar-refractivity contribution in [3.63, 3.8) is 0 Å². The molecule has 2 aliphatic heterocycles. The first kappa shape index (κ1) is 21.8. The van der Waals surface area contributed by atoms with Gasteiger partial charge in [0.05, 0.1) is 6.54 Å². The van der Waals surface area contributed by atoms with Gasteiger partial charge in [0.1, 0.15) is 0 Å². The van der Waals surface area contributed by atoms with E-state index in [2.05, 4.69) is 66.2 Å². The second kappa shape index (κ2) is 11.4. The fourth-order valence-corrected chi connectivity index (χ4v) is 6.21. The number of hydrogen-bond donors (Lipinski definition) is 1. The monoisotopic (exact) mass is 421 g/mol. The molecule has 1 N–H and O–H groups in total. The van der Waals surface area contributed by atoms with Crippen molar-refractivity contribution in [3.05, 3.63) is 30.3 Å². The van der Waals surface area contributed by atoms with Gasteiger partial charge in [0.25, 0.3) is 0 Å². The van der Waals surface area contributed by atoms with Gasteiger partial charge in [0.2, 0.25) is 0 Å². The Morgan fingerprint density at radius 2 is 2.04 bits per heavy atom. The van der Waals surface area contributed by atoms with Crippen molar-refractivity contribution in [2.24, 2.45) is 10.9 Å². The molecule has 0 bridgehead atoms. The normalized spacial score (nSPS) is 22.4. The summed E-state index contributed by atoms with van der Waals surface area (Å²) in [6.07, 6.45) is 3.49. The molecule has 1 atom stereocenters. The topological polar surface area (TPSA) is 36.9 Å². The van der Waals surface area contributed by atoms with Gasteiger partial charge in [-0.3, -0.25) is 4.99 Å². The Bertz CT molecular complexity index is 600. The lowest BCUT2D eigenvalue weighted by Crippen LogP contribution is -2.42. The zero-order valence-electron chi connectivity index (χ0n) is 17.4. The largest absolute Gasteiger partial charge is 0.381 e. The van der Waals surface area contributed by atoms with E-state index in [0.29, 0.717) is 0 Å². The smallest absolute Gasteiger partial charge is 0.193 e. The zero-order valence-corrected chi connectivity index (χ0v) is 19.0. The van der Waals surface area contributed by atoms with Crippen LogP contribution in [-0.4, -0.2) is 66.5 Å². The van der Waals surface area contributed by atoms with Crippen molar-refractivity contribution < 1.29 is 4.74 Å². The average Bonchev–Trinajstić information content (AvgIpc) is 3.20. The van der Waals surface area contributed by atoms with Gasteiger partial charge in [0, 0.05) is 48.2 Å². The van der Waals surface area contributed by atoms with Crippen molar-refractivity contribution in [1.29, 1.82) is 0 Å². The third-order valence-corrected chi connectivity index (χ3v) is 8.20. The molecule has 1 aromatic rings. The minimum Gasteiger partial charge on any atom is -0.381 e. The molecule has 0 radical (unpaired) electrons. The summed E-state index contributed by atoms with van der Waals surface area (Å²) < 4.78 is 5.87. The van der Waals surface area contributed by atoms with Gasteiger partial charge in [0.15, 0.2) is 5.96 Å². The Labute approximate surface area is 179 Å². The predicted molar refractivity (Wildman–Crippen MR) is 124 cm³/mol. The van der Waals surface area contributed by atoms with Crippen LogP contribution in [0.2, 0.25) is 0 Å². The molecule has 1 unspecified atom stereocenters. The number of nitrogens with one attached hydrogen (secondary N) is 1. The van der Waals surface area contributed by atoms with Gasteiger partial charge in [-0.1, -0.05) is 25.1 Å². The number of hydrogen-bond acceptors (Lipinski definition) is 4. The van der Waals surface area contributed by atoms with Crippen molar-refractivity contribution in [2.75, 3.05) is 50.9 Å². The number of nitrogens with zero attached hydrogens (tertiary/aromatic N) is 2. The number of guanidine groups is 1. The van der Waals surface area contributed by atoms with Gasteiger partial charge in [-0.2, -0.15) is 11.8 Å². The molecule has 0 spiro atoms. The highest BCUT2D eigenvalue weighted by molar-refractivity contribution is 8.00. The highest BCUT2D eigenvalue weighted by atomic mass is 32.2. The van der Waals surface area contributed by atoms with E-state index in [1.165, 1.54) is 17.1 Å². The van der Waals surface area contributed by atoms with E-state index >= 15 is 0 Å². The van der Waals surface area contributed by atoms with Crippen LogP contribution >= 0.6 is 23.5 Å². The molecule has 2 aliphatic rings. The predicted octanol–water partition coefficient (Wildman–Crippen LogP) is 4.37. The molecular formula is C22H35N3OS2. The number of aliphatic imine (C=N–C) groups is 1. The van der Waals surface area contributed by atoms with E-state index in [9.17, 15) is 0 Å². The highest BCUT2D eigenvalue weighted by Crippen LogP contribution is 2.36. The SMILES string of the molecule is CCNC(=NCC1(SCC)CCOCC1)N1CCC(CSc2ccccc2)C1. The molecule has 2 fully saturated rings. The molecule has 1 aromatic carbocycles. The average molecular weight is 422 g/mol. The lowest BCUT2D eigenvalue weighted by Gasteiger charge is -2.35.